The quantitative estimate of drug-likeness (QED) is 0.721. The molecule has 0 aliphatic heterocycles. The number of halogens is 1. The Morgan fingerprint density at radius 1 is 1.24 bits per heavy atom. The third-order valence-electron chi connectivity index (χ3n) is 3.63. The van der Waals surface area contributed by atoms with Crippen LogP contribution in [0.4, 0.5) is 11.6 Å². The zero-order valence-electron chi connectivity index (χ0n) is 14.9. The predicted octanol–water partition coefficient (Wildman–Crippen LogP) is 4.22. The summed E-state index contributed by atoms with van der Waals surface area (Å²) >= 11 is 6.10. The van der Waals surface area contributed by atoms with Gasteiger partial charge < -0.3 is 15.4 Å². The fourth-order valence-electron chi connectivity index (χ4n) is 2.26. The van der Waals surface area contributed by atoms with Gasteiger partial charge in [0.1, 0.15) is 11.4 Å². The fraction of sp³-hybridized carbons (Fsp3) is 0.389. The maximum atomic E-state index is 12.6. The van der Waals surface area contributed by atoms with Crippen LogP contribution >= 0.6 is 11.6 Å². The number of carbonyl (C=O) groups is 1. The molecule has 0 saturated heterocycles. The van der Waals surface area contributed by atoms with E-state index in [1.54, 1.807) is 18.2 Å². The largest absolute Gasteiger partial charge is 0.495 e. The van der Waals surface area contributed by atoms with Gasteiger partial charge >= 0.3 is 0 Å². The van der Waals surface area contributed by atoms with Gasteiger partial charge in [-0.25, -0.2) is 9.97 Å². The van der Waals surface area contributed by atoms with Crippen LogP contribution in [0.1, 0.15) is 41.5 Å². The zero-order valence-corrected chi connectivity index (χ0v) is 15.7. The first-order chi connectivity index (χ1) is 11.9. The van der Waals surface area contributed by atoms with E-state index in [0.717, 1.165) is 30.6 Å². The first kappa shape index (κ1) is 19.0. The molecule has 0 fully saturated rings. The summed E-state index contributed by atoms with van der Waals surface area (Å²) in [7, 11) is 1.53. The standard InChI is InChI=1S/C18H23ClN4O2/c1-5-6-7-20-18-21-12(3)9-15(23-18)17(24)22-14-8-11(2)13(19)10-16(14)25-4/h8-10H,5-7H2,1-4H3,(H,22,24)(H,20,21,23). The van der Waals surface area contributed by atoms with Gasteiger partial charge in [0.2, 0.25) is 5.95 Å². The molecule has 1 amide bonds. The monoisotopic (exact) mass is 362 g/mol. The average Bonchev–Trinajstić information content (AvgIpc) is 2.57. The topological polar surface area (TPSA) is 76.1 Å². The second-order valence-corrected chi connectivity index (χ2v) is 6.16. The van der Waals surface area contributed by atoms with Crippen molar-refractivity contribution < 1.29 is 9.53 Å². The first-order valence-corrected chi connectivity index (χ1v) is 8.57. The van der Waals surface area contributed by atoms with Crippen LogP contribution < -0.4 is 15.4 Å². The molecule has 0 bridgehead atoms. The van der Waals surface area contributed by atoms with Crippen molar-refractivity contribution in [2.45, 2.75) is 33.6 Å². The Labute approximate surface area is 153 Å². The van der Waals surface area contributed by atoms with Gasteiger partial charge in [-0.1, -0.05) is 24.9 Å². The lowest BCUT2D eigenvalue weighted by Gasteiger charge is -2.13. The molecule has 6 nitrogen and oxygen atoms in total. The van der Waals surface area contributed by atoms with E-state index >= 15 is 0 Å². The lowest BCUT2D eigenvalue weighted by atomic mass is 10.2. The summed E-state index contributed by atoms with van der Waals surface area (Å²) in [6.07, 6.45) is 2.09. The summed E-state index contributed by atoms with van der Waals surface area (Å²) in [6, 6.07) is 5.10. The minimum Gasteiger partial charge on any atom is -0.495 e. The average molecular weight is 363 g/mol. The highest BCUT2D eigenvalue weighted by molar-refractivity contribution is 6.31. The molecule has 0 saturated carbocycles. The molecule has 0 radical (unpaired) electrons. The molecule has 2 aromatic rings. The van der Waals surface area contributed by atoms with Crippen molar-refractivity contribution in [3.05, 3.63) is 40.2 Å². The summed E-state index contributed by atoms with van der Waals surface area (Å²) in [5.41, 5.74) is 2.41. The van der Waals surface area contributed by atoms with E-state index in [0.29, 0.717) is 28.1 Å². The molecule has 1 aromatic heterocycles. The van der Waals surface area contributed by atoms with Crippen molar-refractivity contribution >= 4 is 29.1 Å². The lowest BCUT2D eigenvalue weighted by Crippen LogP contribution is -2.17. The van der Waals surface area contributed by atoms with Crippen molar-refractivity contribution in [1.82, 2.24) is 9.97 Å². The number of benzene rings is 1. The molecule has 0 spiro atoms. The molecule has 1 aromatic carbocycles. The van der Waals surface area contributed by atoms with Gasteiger partial charge in [-0.05, 0) is 38.0 Å². The lowest BCUT2D eigenvalue weighted by molar-refractivity contribution is 0.102. The number of carbonyl (C=O) groups excluding carboxylic acids is 1. The molecular formula is C18H23ClN4O2. The molecule has 7 heteroatoms. The Bertz CT molecular complexity index is 765. The molecular weight excluding hydrogens is 340 g/mol. The number of methoxy groups -OCH3 is 1. The number of aromatic nitrogens is 2. The van der Waals surface area contributed by atoms with Gasteiger partial charge in [-0.3, -0.25) is 4.79 Å². The number of aryl methyl sites for hydroxylation is 2. The summed E-state index contributed by atoms with van der Waals surface area (Å²) in [6.45, 7) is 6.57. The summed E-state index contributed by atoms with van der Waals surface area (Å²) < 4.78 is 5.29. The van der Waals surface area contributed by atoms with Crippen molar-refractivity contribution in [1.29, 1.82) is 0 Å². The molecule has 134 valence electrons. The van der Waals surface area contributed by atoms with Crippen molar-refractivity contribution in [2.24, 2.45) is 0 Å². The number of amides is 1. The van der Waals surface area contributed by atoms with E-state index in [9.17, 15) is 4.79 Å². The predicted molar refractivity (Wildman–Crippen MR) is 101 cm³/mol. The number of nitrogens with one attached hydrogen (secondary N) is 2. The Balaban J connectivity index is 2.22. The first-order valence-electron chi connectivity index (χ1n) is 8.19. The Morgan fingerprint density at radius 3 is 2.68 bits per heavy atom. The van der Waals surface area contributed by atoms with E-state index < -0.39 is 0 Å². The smallest absolute Gasteiger partial charge is 0.274 e. The Morgan fingerprint density at radius 2 is 2.00 bits per heavy atom. The molecule has 2 N–H and O–H groups in total. The van der Waals surface area contributed by atoms with Gasteiger partial charge in [-0.2, -0.15) is 0 Å². The minimum atomic E-state index is -0.330. The molecule has 0 atom stereocenters. The van der Waals surface area contributed by atoms with Crippen LogP contribution in [0.3, 0.4) is 0 Å². The number of nitrogens with zero attached hydrogens (tertiary/aromatic N) is 2. The molecule has 25 heavy (non-hydrogen) atoms. The third-order valence-corrected chi connectivity index (χ3v) is 4.04. The maximum absolute atomic E-state index is 12.6. The SMILES string of the molecule is CCCCNc1nc(C)cc(C(=O)Nc2cc(C)c(Cl)cc2OC)n1. The second kappa shape index (κ2) is 8.67. The number of ether oxygens (including phenoxy) is 1. The number of hydrogen-bond donors (Lipinski definition) is 2. The van der Waals surface area contributed by atoms with Gasteiger partial charge in [0, 0.05) is 23.3 Å². The van der Waals surface area contributed by atoms with Crippen LogP contribution in [0, 0.1) is 13.8 Å². The van der Waals surface area contributed by atoms with E-state index in [1.165, 1.54) is 7.11 Å². The van der Waals surface area contributed by atoms with Gasteiger partial charge in [0.05, 0.1) is 12.8 Å². The normalized spacial score (nSPS) is 10.4. The highest BCUT2D eigenvalue weighted by Crippen LogP contribution is 2.31. The van der Waals surface area contributed by atoms with Crippen LogP contribution in [0.15, 0.2) is 18.2 Å². The summed E-state index contributed by atoms with van der Waals surface area (Å²) in [5.74, 6) is 0.623. The van der Waals surface area contributed by atoms with Gasteiger partial charge in [0.25, 0.3) is 5.91 Å². The van der Waals surface area contributed by atoms with Crippen LogP contribution in [-0.2, 0) is 0 Å². The highest BCUT2D eigenvalue weighted by Gasteiger charge is 2.14. The molecule has 1 heterocycles. The van der Waals surface area contributed by atoms with Crippen LogP contribution in [0.2, 0.25) is 5.02 Å². The molecule has 0 aliphatic rings. The molecule has 2 rings (SSSR count). The summed E-state index contributed by atoms with van der Waals surface area (Å²) in [5, 5.41) is 6.55. The Kier molecular flexibility index (Phi) is 6.58. The summed E-state index contributed by atoms with van der Waals surface area (Å²) in [4.78, 5) is 21.2. The molecule has 0 unspecified atom stereocenters. The number of unbranched alkanes of at least 4 members (excludes halogenated alkanes) is 1. The third kappa shape index (κ3) is 5.06. The van der Waals surface area contributed by atoms with Crippen LogP contribution in [-0.4, -0.2) is 29.5 Å². The minimum absolute atomic E-state index is 0.293. The van der Waals surface area contributed by atoms with E-state index in [-0.39, 0.29) is 5.91 Å². The van der Waals surface area contributed by atoms with E-state index in [1.807, 2.05) is 13.8 Å². The Hall–Kier alpha value is -2.34. The van der Waals surface area contributed by atoms with Gasteiger partial charge in [-0.15, -0.1) is 0 Å². The fourth-order valence-corrected chi connectivity index (χ4v) is 2.41. The van der Waals surface area contributed by atoms with Crippen molar-refractivity contribution in [3.8, 4) is 5.75 Å². The number of anilines is 2. The van der Waals surface area contributed by atoms with E-state index in [2.05, 4.69) is 27.5 Å². The highest BCUT2D eigenvalue weighted by atomic mass is 35.5. The van der Waals surface area contributed by atoms with E-state index in [4.69, 9.17) is 16.3 Å². The number of hydrogen-bond acceptors (Lipinski definition) is 5. The van der Waals surface area contributed by atoms with Crippen LogP contribution in [0.5, 0.6) is 5.75 Å². The van der Waals surface area contributed by atoms with Gasteiger partial charge in [0.15, 0.2) is 0 Å². The maximum Gasteiger partial charge on any atom is 0.274 e. The second-order valence-electron chi connectivity index (χ2n) is 5.75. The van der Waals surface area contributed by atoms with Crippen molar-refractivity contribution in [3.63, 3.8) is 0 Å². The molecule has 0 aliphatic carbocycles. The van der Waals surface area contributed by atoms with Crippen molar-refractivity contribution in [2.75, 3.05) is 24.3 Å². The van der Waals surface area contributed by atoms with Crippen LogP contribution in [0.25, 0.3) is 0 Å². The zero-order chi connectivity index (χ0) is 18.4. The number of rotatable bonds is 7.